The van der Waals surface area contributed by atoms with Crippen molar-refractivity contribution in [3.8, 4) is 33.6 Å². The summed E-state index contributed by atoms with van der Waals surface area (Å²) in [6.45, 7) is 0. The molecule has 57 heavy (non-hydrogen) atoms. The lowest BCUT2D eigenvalue weighted by Gasteiger charge is -2.26. The fourth-order valence-electron chi connectivity index (χ4n) is 8.74. The Morgan fingerprint density at radius 2 is 0.719 bits per heavy atom. The zero-order valence-electron chi connectivity index (χ0n) is 31.2. The largest absolute Gasteiger partial charge is 0.310 e. The highest BCUT2D eigenvalue weighted by atomic mass is 15.1. The second-order valence-corrected chi connectivity index (χ2v) is 14.6. The Morgan fingerprint density at radius 1 is 0.263 bits per heavy atom. The second-order valence-electron chi connectivity index (χ2n) is 14.6. The van der Waals surface area contributed by atoms with Gasteiger partial charge in [-0.2, -0.15) is 0 Å². The molecule has 0 aliphatic carbocycles. The van der Waals surface area contributed by atoms with Gasteiger partial charge >= 0.3 is 0 Å². The Kier molecular flexibility index (Phi) is 7.82. The summed E-state index contributed by atoms with van der Waals surface area (Å²) in [5.74, 6) is 0. The first-order valence-corrected chi connectivity index (χ1v) is 19.5. The van der Waals surface area contributed by atoms with Gasteiger partial charge in [0.25, 0.3) is 0 Å². The van der Waals surface area contributed by atoms with Gasteiger partial charge in [0, 0.05) is 50.0 Å². The molecule has 0 radical (unpaired) electrons. The summed E-state index contributed by atoms with van der Waals surface area (Å²) in [6.07, 6.45) is 0. The molecule has 268 valence electrons. The minimum absolute atomic E-state index is 1.09. The van der Waals surface area contributed by atoms with E-state index in [1.807, 2.05) is 0 Å². The van der Waals surface area contributed by atoms with Gasteiger partial charge in [-0.1, -0.05) is 146 Å². The second kappa shape index (κ2) is 13.6. The molecular formula is C54H37N3. The van der Waals surface area contributed by atoms with Crippen molar-refractivity contribution in [1.82, 2.24) is 9.13 Å². The first-order chi connectivity index (χ1) is 28.3. The van der Waals surface area contributed by atoms with Gasteiger partial charge in [-0.15, -0.1) is 0 Å². The van der Waals surface area contributed by atoms with E-state index < -0.39 is 0 Å². The van der Waals surface area contributed by atoms with Crippen LogP contribution < -0.4 is 4.90 Å². The number of nitrogens with zero attached hydrogens (tertiary/aromatic N) is 3. The Labute approximate surface area is 331 Å². The maximum Gasteiger partial charge on any atom is 0.0562 e. The summed E-state index contributed by atoms with van der Waals surface area (Å²) >= 11 is 0. The molecule has 2 heterocycles. The molecule has 0 aliphatic rings. The van der Waals surface area contributed by atoms with Crippen molar-refractivity contribution >= 4 is 60.7 Å². The summed E-state index contributed by atoms with van der Waals surface area (Å²) in [5, 5.41) is 4.99. The van der Waals surface area contributed by atoms with Crippen molar-refractivity contribution in [2.75, 3.05) is 4.90 Å². The van der Waals surface area contributed by atoms with Crippen LogP contribution in [0.3, 0.4) is 0 Å². The van der Waals surface area contributed by atoms with Crippen LogP contribution in [0, 0.1) is 0 Å². The topological polar surface area (TPSA) is 13.1 Å². The fraction of sp³-hybridized carbons (Fsp3) is 0. The van der Waals surface area contributed by atoms with Gasteiger partial charge in [0.1, 0.15) is 0 Å². The first-order valence-electron chi connectivity index (χ1n) is 19.5. The third kappa shape index (κ3) is 5.51. The van der Waals surface area contributed by atoms with E-state index >= 15 is 0 Å². The van der Waals surface area contributed by atoms with Crippen LogP contribution >= 0.6 is 0 Å². The average Bonchev–Trinajstić information content (AvgIpc) is 3.80. The molecule has 0 N–H and O–H groups in total. The minimum atomic E-state index is 1.09. The lowest BCUT2D eigenvalue weighted by Crippen LogP contribution is -2.10. The number of hydrogen-bond donors (Lipinski definition) is 0. The Hall–Kier alpha value is -7.62. The lowest BCUT2D eigenvalue weighted by atomic mass is 10.0. The summed E-state index contributed by atoms with van der Waals surface area (Å²) in [5.41, 5.74) is 15.1. The molecular weight excluding hydrogens is 691 g/mol. The third-order valence-corrected chi connectivity index (χ3v) is 11.3. The molecule has 9 aromatic carbocycles. The molecule has 0 atom stereocenters. The van der Waals surface area contributed by atoms with Crippen molar-refractivity contribution < 1.29 is 0 Å². The maximum atomic E-state index is 2.44. The molecule has 3 nitrogen and oxygen atoms in total. The number of para-hydroxylation sites is 3. The number of hydrogen-bond acceptors (Lipinski definition) is 1. The van der Waals surface area contributed by atoms with E-state index in [1.165, 1.54) is 60.3 Å². The van der Waals surface area contributed by atoms with E-state index in [4.69, 9.17) is 0 Å². The van der Waals surface area contributed by atoms with Gasteiger partial charge in [-0.3, -0.25) is 0 Å². The molecule has 0 bridgehead atoms. The van der Waals surface area contributed by atoms with Crippen LogP contribution in [-0.4, -0.2) is 9.13 Å². The van der Waals surface area contributed by atoms with Crippen molar-refractivity contribution in [3.05, 3.63) is 224 Å². The molecule has 2 aromatic heterocycles. The highest BCUT2D eigenvalue weighted by molar-refractivity contribution is 6.29. The van der Waals surface area contributed by atoms with Gasteiger partial charge in [0.05, 0.1) is 22.1 Å². The minimum Gasteiger partial charge on any atom is -0.310 e. The van der Waals surface area contributed by atoms with Crippen LogP contribution in [0.4, 0.5) is 17.1 Å². The molecule has 0 saturated carbocycles. The predicted octanol–water partition coefficient (Wildman–Crippen LogP) is 14.7. The van der Waals surface area contributed by atoms with E-state index in [0.717, 1.165) is 34.0 Å². The van der Waals surface area contributed by atoms with Gasteiger partial charge in [0.15, 0.2) is 0 Å². The van der Waals surface area contributed by atoms with E-state index in [0.29, 0.717) is 0 Å². The summed E-state index contributed by atoms with van der Waals surface area (Å²) in [4.78, 5) is 2.39. The smallest absolute Gasteiger partial charge is 0.0562 e. The Morgan fingerprint density at radius 3 is 1.35 bits per heavy atom. The molecule has 0 unspecified atom stereocenters. The summed E-state index contributed by atoms with van der Waals surface area (Å²) in [6, 6.07) is 81.0. The zero-order chi connectivity index (χ0) is 37.7. The average molecular weight is 728 g/mol. The highest BCUT2D eigenvalue weighted by Gasteiger charge is 2.22. The Balaban J connectivity index is 1.18. The number of benzene rings is 9. The van der Waals surface area contributed by atoms with Crippen LogP contribution in [0.15, 0.2) is 224 Å². The number of aromatic nitrogens is 2. The van der Waals surface area contributed by atoms with Crippen LogP contribution in [0.5, 0.6) is 0 Å². The summed E-state index contributed by atoms with van der Waals surface area (Å²) in [7, 11) is 0. The van der Waals surface area contributed by atoms with E-state index in [1.54, 1.807) is 0 Å². The quantitative estimate of drug-likeness (QED) is 0.159. The van der Waals surface area contributed by atoms with Crippen LogP contribution in [0.25, 0.3) is 77.2 Å². The third-order valence-electron chi connectivity index (χ3n) is 11.3. The lowest BCUT2D eigenvalue weighted by molar-refractivity contribution is 1.17. The van der Waals surface area contributed by atoms with Crippen molar-refractivity contribution in [3.63, 3.8) is 0 Å². The molecule has 0 saturated heterocycles. The molecule has 0 fully saturated rings. The van der Waals surface area contributed by atoms with Crippen LogP contribution in [0.1, 0.15) is 0 Å². The molecule has 0 spiro atoms. The van der Waals surface area contributed by atoms with Gasteiger partial charge < -0.3 is 14.0 Å². The zero-order valence-corrected chi connectivity index (χ0v) is 31.2. The number of rotatable bonds is 7. The van der Waals surface area contributed by atoms with Crippen molar-refractivity contribution in [2.24, 2.45) is 0 Å². The van der Waals surface area contributed by atoms with Crippen LogP contribution in [0.2, 0.25) is 0 Å². The van der Waals surface area contributed by atoms with Crippen molar-refractivity contribution in [2.45, 2.75) is 0 Å². The van der Waals surface area contributed by atoms with E-state index in [9.17, 15) is 0 Å². The van der Waals surface area contributed by atoms with Crippen LogP contribution in [-0.2, 0) is 0 Å². The van der Waals surface area contributed by atoms with Gasteiger partial charge in [0.2, 0.25) is 0 Å². The Bertz CT molecular complexity index is 3200. The number of fused-ring (bicyclic) bond motifs is 7. The molecule has 3 heteroatoms. The van der Waals surface area contributed by atoms with Gasteiger partial charge in [-0.25, -0.2) is 0 Å². The summed E-state index contributed by atoms with van der Waals surface area (Å²) < 4.78 is 4.85. The standard InChI is InChI=1S/C54H37N3/c1-5-16-38(17-6-1)40-28-30-44(31-29-40)55(45-25-15-20-41(36-45)39-18-7-2-8-19-39)46-32-33-48-52(37-46)57(43-23-11-4-12-24-43)51-35-34-50-53(54(48)51)47-26-13-14-27-49(47)56(50)42-21-9-3-10-22-42/h1-37H. The molecule has 0 aliphatic heterocycles. The van der Waals surface area contributed by atoms with Crippen molar-refractivity contribution in [1.29, 1.82) is 0 Å². The molecule has 0 amide bonds. The predicted molar refractivity (Wildman–Crippen MR) is 241 cm³/mol. The number of anilines is 3. The fourth-order valence-corrected chi connectivity index (χ4v) is 8.74. The highest BCUT2D eigenvalue weighted by Crippen LogP contribution is 2.45. The van der Waals surface area contributed by atoms with E-state index in [2.05, 4.69) is 238 Å². The SMILES string of the molecule is c1ccc(-c2ccc(N(c3cccc(-c4ccccc4)c3)c3ccc4c5c6c7ccccc7n(-c7ccccc7)c6ccc5n(-c5ccccc5)c4c3)cc2)cc1. The first kappa shape index (κ1) is 32.8. The molecule has 11 aromatic rings. The monoisotopic (exact) mass is 727 g/mol. The maximum absolute atomic E-state index is 2.44. The van der Waals surface area contributed by atoms with Gasteiger partial charge in [-0.05, 0) is 101 Å². The molecule has 11 rings (SSSR count). The normalized spacial score (nSPS) is 11.5. The van der Waals surface area contributed by atoms with E-state index in [-0.39, 0.29) is 0 Å².